The van der Waals surface area contributed by atoms with Gasteiger partial charge in [-0.25, -0.2) is 0 Å². The number of carbonyl (C=O) groups is 1. The Hall–Kier alpha value is -1.55. The van der Waals surface area contributed by atoms with Gasteiger partial charge in [-0.2, -0.15) is 0 Å². The lowest BCUT2D eigenvalue weighted by Gasteiger charge is -2.14. The van der Waals surface area contributed by atoms with Gasteiger partial charge in [-0.3, -0.25) is 4.79 Å². The standard InChI is InChI=1S/C12H18N2O2/c1-3-16-10-6-4-9(5-7-10)11(8-13)12(15)14-2/h4-7,11H,3,8,13H2,1-2H3,(H,14,15). The quantitative estimate of drug-likeness (QED) is 0.777. The maximum Gasteiger partial charge on any atom is 0.228 e. The van der Waals surface area contributed by atoms with Gasteiger partial charge in [0.2, 0.25) is 5.91 Å². The molecule has 1 aromatic carbocycles. The Labute approximate surface area is 95.8 Å². The highest BCUT2D eigenvalue weighted by atomic mass is 16.5. The van der Waals surface area contributed by atoms with Crippen LogP contribution in [-0.4, -0.2) is 26.1 Å². The van der Waals surface area contributed by atoms with Crippen molar-refractivity contribution in [3.8, 4) is 5.75 Å². The van der Waals surface area contributed by atoms with Crippen LogP contribution in [0.3, 0.4) is 0 Å². The minimum atomic E-state index is -0.291. The summed E-state index contributed by atoms with van der Waals surface area (Å²) in [6.07, 6.45) is 0. The van der Waals surface area contributed by atoms with Gasteiger partial charge < -0.3 is 15.8 Å². The monoisotopic (exact) mass is 222 g/mol. The van der Waals surface area contributed by atoms with E-state index in [-0.39, 0.29) is 11.8 Å². The van der Waals surface area contributed by atoms with Crippen LogP contribution in [0, 0.1) is 0 Å². The van der Waals surface area contributed by atoms with Crippen molar-refractivity contribution < 1.29 is 9.53 Å². The number of rotatable bonds is 5. The Bertz CT molecular complexity index is 335. The van der Waals surface area contributed by atoms with Gasteiger partial charge in [-0.05, 0) is 24.6 Å². The van der Waals surface area contributed by atoms with E-state index in [9.17, 15) is 4.79 Å². The van der Waals surface area contributed by atoms with Gasteiger partial charge in [0.05, 0.1) is 12.5 Å². The highest BCUT2D eigenvalue weighted by molar-refractivity contribution is 5.83. The predicted octanol–water partition coefficient (Wildman–Crippen LogP) is 0.874. The molecule has 1 rings (SSSR count). The first-order chi connectivity index (χ1) is 7.72. The number of nitrogens with one attached hydrogen (secondary N) is 1. The Balaban J connectivity index is 2.82. The number of nitrogens with two attached hydrogens (primary N) is 1. The summed E-state index contributed by atoms with van der Waals surface area (Å²) in [5, 5.41) is 2.60. The summed E-state index contributed by atoms with van der Waals surface area (Å²) in [7, 11) is 1.61. The molecule has 4 nitrogen and oxygen atoms in total. The smallest absolute Gasteiger partial charge is 0.228 e. The fraction of sp³-hybridized carbons (Fsp3) is 0.417. The van der Waals surface area contributed by atoms with E-state index in [1.165, 1.54) is 0 Å². The van der Waals surface area contributed by atoms with Gasteiger partial charge in [-0.15, -0.1) is 0 Å². The number of carbonyl (C=O) groups excluding carboxylic acids is 1. The van der Waals surface area contributed by atoms with Gasteiger partial charge in [0, 0.05) is 13.6 Å². The van der Waals surface area contributed by atoms with Crippen LogP contribution in [0.15, 0.2) is 24.3 Å². The number of likely N-dealkylation sites (N-methyl/N-ethyl adjacent to an activating group) is 1. The lowest BCUT2D eigenvalue weighted by Crippen LogP contribution is -2.30. The fourth-order valence-corrected chi connectivity index (χ4v) is 1.53. The van der Waals surface area contributed by atoms with E-state index in [0.29, 0.717) is 13.2 Å². The van der Waals surface area contributed by atoms with E-state index in [4.69, 9.17) is 10.5 Å². The van der Waals surface area contributed by atoms with Crippen molar-refractivity contribution in [1.29, 1.82) is 0 Å². The van der Waals surface area contributed by atoms with Crippen molar-refractivity contribution in [2.45, 2.75) is 12.8 Å². The number of amides is 1. The molecule has 1 amide bonds. The normalized spacial score (nSPS) is 11.9. The third-order valence-electron chi connectivity index (χ3n) is 2.39. The maximum absolute atomic E-state index is 11.5. The topological polar surface area (TPSA) is 64.3 Å². The van der Waals surface area contributed by atoms with Gasteiger partial charge >= 0.3 is 0 Å². The van der Waals surface area contributed by atoms with Gasteiger partial charge in [0.1, 0.15) is 5.75 Å². The van der Waals surface area contributed by atoms with E-state index in [0.717, 1.165) is 11.3 Å². The molecule has 1 atom stereocenters. The predicted molar refractivity (Wildman–Crippen MR) is 63.5 cm³/mol. The molecule has 88 valence electrons. The van der Waals surface area contributed by atoms with Crippen molar-refractivity contribution in [3.63, 3.8) is 0 Å². The largest absolute Gasteiger partial charge is 0.494 e. The summed E-state index contributed by atoms with van der Waals surface area (Å²) in [5.41, 5.74) is 6.49. The summed E-state index contributed by atoms with van der Waals surface area (Å²) in [6, 6.07) is 7.45. The SMILES string of the molecule is CCOc1ccc(C(CN)C(=O)NC)cc1. The van der Waals surface area contributed by atoms with Gasteiger partial charge in [-0.1, -0.05) is 12.1 Å². The van der Waals surface area contributed by atoms with Crippen LogP contribution >= 0.6 is 0 Å². The molecule has 4 heteroatoms. The molecule has 0 heterocycles. The minimum Gasteiger partial charge on any atom is -0.494 e. The van der Waals surface area contributed by atoms with E-state index in [1.54, 1.807) is 7.05 Å². The summed E-state index contributed by atoms with van der Waals surface area (Å²) >= 11 is 0. The zero-order valence-corrected chi connectivity index (χ0v) is 9.69. The number of ether oxygens (including phenoxy) is 1. The van der Waals surface area contributed by atoms with E-state index >= 15 is 0 Å². The Kier molecular flexibility index (Phi) is 4.79. The molecular formula is C12H18N2O2. The van der Waals surface area contributed by atoms with Crippen molar-refractivity contribution in [2.75, 3.05) is 20.2 Å². The number of benzene rings is 1. The third-order valence-corrected chi connectivity index (χ3v) is 2.39. The molecule has 0 fully saturated rings. The van der Waals surface area contributed by atoms with Crippen LogP contribution in [0.2, 0.25) is 0 Å². The van der Waals surface area contributed by atoms with Crippen molar-refractivity contribution >= 4 is 5.91 Å². The van der Waals surface area contributed by atoms with Crippen LogP contribution in [0.25, 0.3) is 0 Å². The van der Waals surface area contributed by atoms with Crippen LogP contribution in [0.1, 0.15) is 18.4 Å². The second kappa shape index (κ2) is 6.12. The molecule has 0 aliphatic carbocycles. The molecule has 0 radical (unpaired) electrons. The molecule has 16 heavy (non-hydrogen) atoms. The molecule has 3 N–H and O–H groups in total. The fourth-order valence-electron chi connectivity index (χ4n) is 1.53. The average molecular weight is 222 g/mol. The van der Waals surface area contributed by atoms with Crippen molar-refractivity contribution in [3.05, 3.63) is 29.8 Å². The van der Waals surface area contributed by atoms with Gasteiger partial charge in [0.25, 0.3) is 0 Å². The Morgan fingerprint density at radius 3 is 2.50 bits per heavy atom. The summed E-state index contributed by atoms with van der Waals surface area (Å²) in [4.78, 5) is 11.5. The summed E-state index contributed by atoms with van der Waals surface area (Å²) in [5.74, 6) is 0.450. The lowest BCUT2D eigenvalue weighted by molar-refractivity contribution is -0.121. The first-order valence-corrected chi connectivity index (χ1v) is 5.37. The molecule has 0 aromatic heterocycles. The second-order valence-electron chi connectivity index (χ2n) is 3.40. The third kappa shape index (κ3) is 2.97. The zero-order valence-electron chi connectivity index (χ0n) is 9.69. The first kappa shape index (κ1) is 12.5. The summed E-state index contributed by atoms with van der Waals surface area (Å²) < 4.78 is 5.33. The average Bonchev–Trinajstić information content (AvgIpc) is 2.32. The van der Waals surface area contributed by atoms with Crippen LogP contribution in [0.4, 0.5) is 0 Å². The lowest BCUT2D eigenvalue weighted by atomic mass is 9.98. The van der Waals surface area contributed by atoms with E-state index in [2.05, 4.69) is 5.32 Å². The number of hydrogen-bond donors (Lipinski definition) is 2. The molecule has 0 aliphatic heterocycles. The van der Waals surface area contributed by atoms with Gasteiger partial charge in [0.15, 0.2) is 0 Å². The molecular weight excluding hydrogens is 204 g/mol. The first-order valence-electron chi connectivity index (χ1n) is 5.37. The maximum atomic E-state index is 11.5. The van der Waals surface area contributed by atoms with Crippen LogP contribution in [-0.2, 0) is 4.79 Å². The van der Waals surface area contributed by atoms with E-state index < -0.39 is 0 Å². The molecule has 1 aromatic rings. The zero-order chi connectivity index (χ0) is 12.0. The second-order valence-corrected chi connectivity index (χ2v) is 3.40. The molecule has 1 unspecified atom stereocenters. The highest BCUT2D eigenvalue weighted by Crippen LogP contribution is 2.19. The Morgan fingerprint density at radius 2 is 2.06 bits per heavy atom. The highest BCUT2D eigenvalue weighted by Gasteiger charge is 2.17. The molecule has 0 saturated heterocycles. The molecule has 0 bridgehead atoms. The Morgan fingerprint density at radius 1 is 1.44 bits per heavy atom. The van der Waals surface area contributed by atoms with E-state index in [1.807, 2.05) is 31.2 Å². The molecule has 0 aliphatic rings. The molecule has 0 spiro atoms. The summed E-state index contributed by atoms with van der Waals surface area (Å²) in [6.45, 7) is 2.86. The minimum absolute atomic E-state index is 0.0633. The van der Waals surface area contributed by atoms with Crippen LogP contribution in [0.5, 0.6) is 5.75 Å². The number of hydrogen-bond acceptors (Lipinski definition) is 3. The van der Waals surface area contributed by atoms with Crippen molar-refractivity contribution in [2.24, 2.45) is 5.73 Å². The van der Waals surface area contributed by atoms with Crippen molar-refractivity contribution in [1.82, 2.24) is 5.32 Å². The molecule has 0 saturated carbocycles. The van der Waals surface area contributed by atoms with Crippen LogP contribution < -0.4 is 15.8 Å².